The highest BCUT2D eigenvalue weighted by atomic mass is 32.2. The Kier molecular flexibility index (Phi) is 4.40. The molecular weight excluding hydrogens is 307 g/mol. The van der Waals surface area contributed by atoms with Gasteiger partial charge in [-0.05, 0) is 6.92 Å². The molecule has 1 amide bonds. The first kappa shape index (κ1) is 17.1. The molecule has 7 nitrogen and oxygen atoms in total. The van der Waals surface area contributed by atoms with Crippen LogP contribution < -0.4 is 5.32 Å². The SMILES string of the molecule is C[C@@H]1OC(O)C[C@H](NC(=O)C(F)(F)F)[C@@]1(O)S(C)(=O)=O. The Balaban J connectivity index is 3.14. The lowest BCUT2D eigenvalue weighted by molar-refractivity contribution is -0.218. The number of halogens is 3. The number of nitrogens with one attached hydrogen (secondary N) is 1. The standard InChI is InChI=1S/C9H14F3NO6S/c1-4-8(16,20(2,17)18)5(3-6(14)19-4)13-7(15)9(10,11)12/h4-6,14,16H,3H2,1-2H3,(H,13,15)/t4-,5-,6?,8-/m0/s1. The molecule has 1 unspecified atom stereocenters. The van der Waals surface area contributed by atoms with Crippen LogP contribution >= 0.6 is 0 Å². The lowest BCUT2D eigenvalue weighted by Crippen LogP contribution is -2.68. The predicted octanol–water partition coefficient (Wildman–Crippen LogP) is -1.11. The average molecular weight is 321 g/mol. The molecule has 0 aromatic rings. The number of alkyl halides is 3. The molecule has 0 aromatic heterocycles. The van der Waals surface area contributed by atoms with Crippen molar-refractivity contribution < 1.29 is 41.3 Å². The van der Waals surface area contributed by atoms with E-state index in [-0.39, 0.29) is 0 Å². The van der Waals surface area contributed by atoms with Gasteiger partial charge in [0.2, 0.25) is 4.93 Å². The van der Waals surface area contributed by atoms with Gasteiger partial charge in [0.15, 0.2) is 16.1 Å². The zero-order chi connectivity index (χ0) is 15.9. The summed E-state index contributed by atoms with van der Waals surface area (Å²) in [4.78, 5) is 8.13. The molecule has 0 spiro atoms. The molecule has 0 aliphatic carbocycles. The summed E-state index contributed by atoms with van der Waals surface area (Å²) in [5, 5.41) is 20.8. The van der Waals surface area contributed by atoms with E-state index in [9.17, 15) is 36.6 Å². The fraction of sp³-hybridized carbons (Fsp3) is 0.889. The Labute approximate surface area is 112 Å². The van der Waals surface area contributed by atoms with E-state index >= 15 is 0 Å². The first-order chi connectivity index (χ1) is 8.80. The van der Waals surface area contributed by atoms with E-state index < -0.39 is 51.7 Å². The number of hydrogen-bond donors (Lipinski definition) is 3. The molecule has 20 heavy (non-hydrogen) atoms. The summed E-state index contributed by atoms with van der Waals surface area (Å²) >= 11 is 0. The normalized spacial score (nSPS) is 35.6. The highest BCUT2D eigenvalue weighted by Crippen LogP contribution is 2.33. The van der Waals surface area contributed by atoms with Gasteiger partial charge in [0, 0.05) is 12.7 Å². The molecule has 1 heterocycles. The molecule has 1 fully saturated rings. The summed E-state index contributed by atoms with van der Waals surface area (Å²) < 4.78 is 64.6. The summed E-state index contributed by atoms with van der Waals surface area (Å²) in [6.07, 6.45) is -8.48. The van der Waals surface area contributed by atoms with Crippen LogP contribution in [0.2, 0.25) is 0 Å². The number of ether oxygens (including phenoxy) is 1. The molecule has 1 saturated heterocycles. The molecule has 0 aromatic carbocycles. The van der Waals surface area contributed by atoms with E-state index in [2.05, 4.69) is 0 Å². The van der Waals surface area contributed by atoms with Crippen molar-refractivity contribution in [3.05, 3.63) is 0 Å². The number of rotatable bonds is 2. The Morgan fingerprint density at radius 2 is 1.95 bits per heavy atom. The number of sulfone groups is 1. The number of carbonyl (C=O) groups excluding carboxylic acids is 1. The molecule has 1 aliphatic heterocycles. The largest absolute Gasteiger partial charge is 0.471 e. The van der Waals surface area contributed by atoms with Crippen LogP contribution in [0, 0.1) is 0 Å². The van der Waals surface area contributed by atoms with Crippen LogP contribution in [0.5, 0.6) is 0 Å². The zero-order valence-corrected chi connectivity index (χ0v) is 11.3. The van der Waals surface area contributed by atoms with Crippen LogP contribution in [0.3, 0.4) is 0 Å². The first-order valence-corrected chi connectivity index (χ1v) is 7.32. The van der Waals surface area contributed by atoms with Gasteiger partial charge in [0.05, 0.1) is 6.04 Å². The van der Waals surface area contributed by atoms with Crippen molar-refractivity contribution in [1.29, 1.82) is 0 Å². The quantitative estimate of drug-likeness (QED) is 0.595. The van der Waals surface area contributed by atoms with Gasteiger partial charge in [0.1, 0.15) is 6.10 Å². The Morgan fingerprint density at radius 1 is 1.45 bits per heavy atom. The van der Waals surface area contributed by atoms with Gasteiger partial charge >= 0.3 is 12.1 Å². The van der Waals surface area contributed by atoms with Crippen LogP contribution in [0.25, 0.3) is 0 Å². The maximum Gasteiger partial charge on any atom is 0.471 e. The van der Waals surface area contributed by atoms with E-state index in [1.165, 1.54) is 5.32 Å². The van der Waals surface area contributed by atoms with Crippen molar-refractivity contribution in [2.45, 2.75) is 42.9 Å². The average Bonchev–Trinajstić information content (AvgIpc) is 2.21. The van der Waals surface area contributed by atoms with Crippen molar-refractivity contribution >= 4 is 15.7 Å². The van der Waals surface area contributed by atoms with E-state index in [0.717, 1.165) is 6.92 Å². The zero-order valence-electron chi connectivity index (χ0n) is 10.5. The number of amides is 1. The van der Waals surface area contributed by atoms with Gasteiger partial charge in [-0.1, -0.05) is 0 Å². The first-order valence-electron chi connectivity index (χ1n) is 5.43. The third-order valence-corrected chi connectivity index (χ3v) is 4.84. The Hall–Kier alpha value is -0.910. The lowest BCUT2D eigenvalue weighted by atomic mass is 9.98. The minimum Gasteiger partial charge on any atom is -0.371 e. The molecule has 0 saturated carbocycles. The van der Waals surface area contributed by atoms with Gasteiger partial charge in [0.25, 0.3) is 0 Å². The second kappa shape index (κ2) is 5.13. The maximum absolute atomic E-state index is 12.2. The van der Waals surface area contributed by atoms with Gasteiger partial charge < -0.3 is 20.3 Å². The van der Waals surface area contributed by atoms with Crippen LogP contribution in [0.1, 0.15) is 13.3 Å². The number of aliphatic hydroxyl groups excluding tert-OH is 1. The summed E-state index contributed by atoms with van der Waals surface area (Å²) in [7, 11) is -4.30. The Bertz CT molecular complexity index is 492. The summed E-state index contributed by atoms with van der Waals surface area (Å²) in [6, 6.07) is -1.86. The Morgan fingerprint density at radius 3 is 2.35 bits per heavy atom. The van der Waals surface area contributed by atoms with Crippen LogP contribution in [0.4, 0.5) is 13.2 Å². The number of carbonyl (C=O) groups is 1. The number of hydrogen-bond acceptors (Lipinski definition) is 6. The lowest BCUT2D eigenvalue weighted by Gasteiger charge is -2.44. The third kappa shape index (κ3) is 3.05. The summed E-state index contributed by atoms with van der Waals surface area (Å²) in [5.41, 5.74) is 0. The van der Waals surface area contributed by atoms with Crippen LogP contribution in [-0.4, -0.2) is 60.3 Å². The van der Waals surface area contributed by atoms with Crippen LogP contribution in [-0.2, 0) is 19.4 Å². The fourth-order valence-corrected chi connectivity index (χ4v) is 3.34. The van der Waals surface area contributed by atoms with Crippen molar-refractivity contribution in [1.82, 2.24) is 5.32 Å². The van der Waals surface area contributed by atoms with E-state index in [1.54, 1.807) is 0 Å². The molecule has 3 N–H and O–H groups in total. The minimum absolute atomic E-state index is 0.595. The van der Waals surface area contributed by atoms with Crippen molar-refractivity contribution in [3.8, 4) is 0 Å². The van der Waals surface area contributed by atoms with Gasteiger partial charge in [-0.2, -0.15) is 13.2 Å². The highest BCUT2D eigenvalue weighted by molar-refractivity contribution is 7.92. The highest BCUT2D eigenvalue weighted by Gasteiger charge is 2.57. The third-order valence-electron chi connectivity index (χ3n) is 3.04. The van der Waals surface area contributed by atoms with Gasteiger partial charge in [-0.25, -0.2) is 8.42 Å². The predicted molar refractivity (Wildman–Crippen MR) is 59.0 cm³/mol. The molecule has 118 valence electrons. The van der Waals surface area contributed by atoms with Crippen LogP contribution in [0.15, 0.2) is 0 Å². The minimum atomic E-state index is -5.25. The smallest absolute Gasteiger partial charge is 0.371 e. The molecule has 4 atom stereocenters. The van der Waals surface area contributed by atoms with E-state index in [1.807, 2.05) is 0 Å². The van der Waals surface area contributed by atoms with E-state index in [0.29, 0.717) is 6.26 Å². The summed E-state index contributed by atoms with van der Waals surface area (Å²) in [6.45, 7) is 1.07. The van der Waals surface area contributed by atoms with Gasteiger partial charge in [-0.15, -0.1) is 0 Å². The second-order valence-corrected chi connectivity index (χ2v) is 6.71. The fourth-order valence-electron chi connectivity index (χ4n) is 2.00. The molecule has 1 rings (SSSR count). The molecule has 0 radical (unpaired) electrons. The monoisotopic (exact) mass is 321 g/mol. The molecule has 11 heteroatoms. The molecule has 0 bridgehead atoms. The van der Waals surface area contributed by atoms with Crippen molar-refractivity contribution in [3.63, 3.8) is 0 Å². The van der Waals surface area contributed by atoms with Crippen molar-refractivity contribution in [2.75, 3.05) is 6.26 Å². The van der Waals surface area contributed by atoms with E-state index in [4.69, 9.17) is 4.74 Å². The van der Waals surface area contributed by atoms with Crippen molar-refractivity contribution in [2.24, 2.45) is 0 Å². The second-order valence-electron chi connectivity index (χ2n) is 4.52. The topological polar surface area (TPSA) is 113 Å². The van der Waals surface area contributed by atoms with Gasteiger partial charge in [-0.3, -0.25) is 4.79 Å². The number of aliphatic hydroxyl groups is 2. The summed E-state index contributed by atoms with van der Waals surface area (Å²) in [5.74, 6) is -2.41. The molecule has 1 aliphatic rings. The molecular formula is C9H14F3NO6S. The maximum atomic E-state index is 12.2.